The highest BCUT2D eigenvalue weighted by molar-refractivity contribution is 7.90. The highest BCUT2D eigenvalue weighted by Crippen LogP contribution is 2.24. The Bertz CT molecular complexity index is 1140. The quantitative estimate of drug-likeness (QED) is 0.429. The molecule has 34 heavy (non-hydrogen) atoms. The summed E-state index contributed by atoms with van der Waals surface area (Å²) in [4.78, 5) is 22.3. The second kappa shape index (κ2) is 10.6. The molecule has 12 heteroatoms. The Balaban J connectivity index is 1.73. The van der Waals surface area contributed by atoms with Crippen molar-refractivity contribution >= 4 is 43.2 Å². The van der Waals surface area contributed by atoms with Crippen LogP contribution < -0.4 is 20.1 Å². The van der Waals surface area contributed by atoms with Crippen molar-refractivity contribution in [2.45, 2.75) is 61.4 Å². The van der Waals surface area contributed by atoms with Gasteiger partial charge in [0.15, 0.2) is 0 Å². The fraction of sp³-hybridized carbons (Fsp3) is 0.364. The zero-order valence-corrected chi connectivity index (χ0v) is 20.5. The lowest BCUT2D eigenvalue weighted by atomic mass is 9.92. The van der Waals surface area contributed by atoms with Crippen LogP contribution in [0.25, 0.3) is 0 Å². The predicted molar refractivity (Wildman–Crippen MR) is 128 cm³/mol. The van der Waals surface area contributed by atoms with Gasteiger partial charge in [-0.1, -0.05) is 12.8 Å². The summed E-state index contributed by atoms with van der Waals surface area (Å²) in [7, 11) is -7.83. The van der Waals surface area contributed by atoms with Crippen LogP contribution >= 0.6 is 0 Å². The van der Waals surface area contributed by atoms with E-state index in [1.54, 1.807) is 0 Å². The van der Waals surface area contributed by atoms with Gasteiger partial charge in [-0.2, -0.15) is 0 Å². The number of sulfonamides is 2. The molecule has 2 amide bonds. The number of nitrogens with one attached hydrogen (secondary N) is 4. The standard InChI is InChI=1S/C22H28N4O6S2/c1-15(27)23-17-7-11-19(12-8-17)33(29,30)25-21-5-3-4-6-22(21)26-34(31,32)20-13-9-18(10-14-20)24-16(2)28/h7-14,21-22,25-26H,3-6H2,1-2H3,(H,23,27)(H,24,28)/t21-,22+. The summed E-state index contributed by atoms with van der Waals surface area (Å²) in [5, 5.41) is 5.15. The predicted octanol–water partition coefficient (Wildman–Crippen LogP) is 2.17. The van der Waals surface area contributed by atoms with Crippen molar-refractivity contribution in [3.63, 3.8) is 0 Å². The first-order valence-corrected chi connectivity index (χ1v) is 13.7. The molecule has 0 unspecified atom stereocenters. The molecule has 3 rings (SSSR count). The van der Waals surface area contributed by atoms with Crippen LogP contribution in [0.15, 0.2) is 58.3 Å². The van der Waals surface area contributed by atoms with E-state index in [1.165, 1.54) is 62.4 Å². The molecule has 0 heterocycles. The van der Waals surface area contributed by atoms with Gasteiger partial charge in [-0.05, 0) is 61.4 Å². The van der Waals surface area contributed by atoms with Gasteiger partial charge in [0.2, 0.25) is 31.9 Å². The van der Waals surface area contributed by atoms with Gasteiger partial charge in [0.25, 0.3) is 0 Å². The molecule has 4 N–H and O–H groups in total. The van der Waals surface area contributed by atoms with Gasteiger partial charge in [0.1, 0.15) is 0 Å². The molecule has 1 saturated carbocycles. The minimum absolute atomic E-state index is 0.0161. The number of rotatable bonds is 8. The van der Waals surface area contributed by atoms with E-state index in [4.69, 9.17) is 0 Å². The van der Waals surface area contributed by atoms with Gasteiger partial charge < -0.3 is 10.6 Å². The molecule has 0 aliphatic heterocycles. The van der Waals surface area contributed by atoms with E-state index in [0.717, 1.165) is 12.8 Å². The molecule has 2 atom stereocenters. The number of carbonyl (C=O) groups is 2. The van der Waals surface area contributed by atoms with Crippen LogP contribution in [0.5, 0.6) is 0 Å². The SMILES string of the molecule is CC(=O)Nc1ccc(S(=O)(=O)N[C@H]2CCCC[C@H]2NS(=O)(=O)c2ccc(NC(C)=O)cc2)cc1. The summed E-state index contributed by atoms with van der Waals surface area (Å²) in [5.74, 6) is -0.536. The molecule has 0 saturated heterocycles. The van der Waals surface area contributed by atoms with E-state index >= 15 is 0 Å². The summed E-state index contributed by atoms with van der Waals surface area (Å²) in [5.41, 5.74) is 0.943. The molecule has 0 bridgehead atoms. The third kappa shape index (κ3) is 6.86. The molecule has 2 aromatic carbocycles. The summed E-state index contributed by atoms with van der Waals surface area (Å²) >= 11 is 0. The molecule has 184 valence electrons. The summed E-state index contributed by atoms with van der Waals surface area (Å²) in [6.45, 7) is 2.71. The van der Waals surface area contributed by atoms with Gasteiger partial charge in [-0.25, -0.2) is 26.3 Å². The summed E-state index contributed by atoms with van der Waals surface area (Å²) in [6.07, 6.45) is 2.49. The number of hydrogen-bond acceptors (Lipinski definition) is 6. The largest absolute Gasteiger partial charge is 0.326 e. The molecular weight excluding hydrogens is 480 g/mol. The highest BCUT2D eigenvalue weighted by Gasteiger charge is 2.32. The Hall–Kier alpha value is -2.80. The van der Waals surface area contributed by atoms with Crippen LogP contribution in [0.2, 0.25) is 0 Å². The van der Waals surface area contributed by atoms with E-state index in [0.29, 0.717) is 24.2 Å². The molecular formula is C22H28N4O6S2. The maximum Gasteiger partial charge on any atom is 0.240 e. The van der Waals surface area contributed by atoms with Crippen molar-refractivity contribution in [2.24, 2.45) is 0 Å². The topological polar surface area (TPSA) is 151 Å². The van der Waals surface area contributed by atoms with Crippen LogP contribution in [0.3, 0.4) is 0 Å². The van der Waals surface area contributed by atoms with Crippen LogP contribution in [0.1, 0.15) is 39.5 Å². The Morgan fingerprint density at radius 2 is 0.971 bits per heavy atom. The second-order valence-electron chi connectivity index (χ2n) is 8.15. The average molecular weight is 509 g/mol. The third-order valence-electron chi connectivity index (χ3n) is 5.35. The van der Waals surface area contributed by atoms with Gasteiger partial charge in [0.05, 0.1) is 9.79 Å². The third-order valence-corrected chi connectivity index (χ3v) is 8.36. The van der Waals surface area contributed by atoms with Gasteiger partial charge >= 0.3 is 0 Å². The normalized spacial score (nSPS) is 18.8. The molecule has 1 aliphatic carbocycles. The number of carbonyl (C=O) groups excluding carboxylic acids is 2. The van der Waals surface area contributed by atoms with Crippen molar-refractivity contribution in [3.05, 3.63) is 48.5 Å². The summed E-state index contributed by atoms with van der Waals surface area (Å²) in [6, 6.07) is 10.2. The van der Waals surface area contributed by atoms with E-state index in [1.807, 2.05) is 0 Å². The first-order valence-electron chi connectivity index (χ1n) is 10.8. The fourth-order valence-electron chi connectivity index (χ4n) is 3.79. The average Bonchev–Trinajstić information content (AvgIpc) is 2.75. The summed E-state index contributed by atoms with van der Waals surface area (Å²) < 4.78 is 57.0. The lowest BCUT2D eigenvalue weighted by molar-refractivity contribution is -0.115. The monoisotopic (exact) mass is 508 g/mol. The van der Waals surface area contributed by atoms with Crippen molar-refractivity contribution in [1.82, 2.24) is 9.44 Å². The number of hydrogen-bond donors (Lipinski definition) is 4. The maximum absolute atomic E-state index is 12.9. The van der Waals surface area contributed by atoms with E-state index in [-0.39, 0.29) is 21.6 Å². The molecule has 1 aliphatic rings. The minimum atomic E-state index is -3.91. The van der Waals surface area contributed by atoms with Crippen LogP contribution in [-0.4, -0.2) is 40.7 Å². The van der Waals surface area contributed by atoms with Crippen molar-refractivity contribution in [2.75, 3.05) is 10.6 Å². The van der Waals surface area contributed by atoms with Crippen LogP contribution in [0, 0.1) is 0 Å². The van der Waals surface area contributed by atoms with Gasteiger partial charge in [0, 0.05) is 37.3 Å². The fourth-order valence-corrected chi connectivity index (χ4v) is 6.41. The lowest BCUT2D eigenvalue weighted by Crippen LogP contribution is -2.52. The Morgan fingerprint density at radius 1 is 0.647 bits per heavy atom. The van der Waals surface area contributed by atoms with Crippen molar-refractivity contribution in [3.8, 4) is 0 Å². The van der Waals surface area contributed by atoms with Gasteiger partial charge in [-0.3, -0.25) is 9.59 Å². The number of benzene rings is 2. The molecule has 0 aromatic heterocycles. The highest BCUT2D eigenvalue weighted by atomic mass is 32.2. The molecule has 0 spiro atoms. The Morgan fingerprint density at radius 3 is 1.26 bits per heavy atom. The smallest absolute Gasteiger partial charge is 0.240 e. The second-order valence-corrected chi connectivity index (χ2v) is 11.6. The maximum atomic E-state index is 12.9. The number of amides is 2. The molecule has 10 nitrogen and oxygen atoms in total. The van der Waals surface area contributed by atoms with E-state index < -0.39 is 32.1 Å². The first kappa shape index (κ1) is 25.8. The molecule has 0 radical (unpaired) electrons. The Kier molecular flexibility index (Phi) is 8.08. The van der Waals surface area contributed by atoms with E-state index in [2.05, 4.69) is 20.1 Å². The van der Waals surface area contributed by atoms with Crippen molar-refractivity contribution in [1.29, 1.82) is 0 Å². The minimum Gasteiger partial charge on any atom is -0.326 e. The molecule has 2 aromatic rings. The Labute approximate surface area is 199 Å². The lowest BCUT2D eigenvalue weighted by Gasteiger charge is -2.32. The van der Waals surface area contributed by atoms with Crippen molar-refractivity contribution < 1.29 is 26.4 Å². The number of anilines is 2. The zero-order chi connectivity index (χ0) is 24.9. The van der Waals surface area contributed by atoms with E-state index in [9.17, 15) is 26.4 Å². The molecule has 1 fully saturated rings. The zero-order valence-electron chi connectivity index (χ0n) is 18.9. The van der Waals surface area contributed by atoms with Crippen LogP contribution in [-0.2, 0) is 29.6 Å². The van der Waals surface area contributed by atoms with Crippen LogP contribution in [0.4, 0.5) is 11.4 Å². The van der Waals surface area contributed by atoms with Gasteiger partial charge in [-0.15, -0.1) is 0 Å². The first-order chi connectivity index (χ1) is 16.0.